The predicted molar refractivity (Wildman–Crippen MR) is 64.7 cm³/mol. The summed E-state index contributed by atoms with van der Waals surface area (Å²) in [6.07, 6.45) is 3.19. The molecular weight excluding hydrogens is 172 g/mol. The first-order valence-corrected chi connectivity index (χ1v) is 5.64. The number of hydrogen-bond acceptors (Lipinski definition) is 2. The molecule has 0 aliphatic rings. The van der Waals surface area contributed by atoms with Crippen molar-refractivity contribution >= 4 is 0 Å². The minimum absolute atomic E-state index is 0.201. The Bertz CT molecular complexity index is 152. The zero-order valence-electron chi connectivity index (χ0n) is 10.3. The van der Waals surface area contributed by atoms with E-state index >= 15 is 0 Å². The molecule has 0 atom stereocenters. The highest BCUT2D eigenvalue weighted by Gasteiger charge is 2.18. The van der Waals surface area contributed by atoms with Gasteiger partial charge in [-0.05, 0) is 33.4 Å². The molecule has 0 aromatic heterocycles. The van der Waals surface area contributed by atoms with Crippen molar-refractivity contribution in [3.63, 3.8) is 0 Å². The highest BCUT2D eigenvalue weighted by atomic mass is 15.2. The molecule has 0 aromatic carbocycles. The van der Waals surface area contributed by atoms with Crippen molar-refractivity contribution < 1.29 is 0 Å². The van der Waals surface area contributed by atoms with Crippen LogP contribution in [-0.4, -0.2) is 36.6 Å². The van der Waals surface area contributed by atoms with Crippen molar-refractivity contribution in [3.05, 3.63) is 12.7 Å². The van der Waals surface area contributed by atoms with Gasteiger partial charge in [0.25, 0.3) is 0 Å². The Morgan fingerprint density at radius 3 is 2.43 bits per heavy atom. The van der Waals surface area contributed by atoms with Crippen LogP contribution in [0.5, 0.6) is 0 Å². The standard InChI is InChI=1S/C12H26N2/c1-6-9-14(10-7-2)11-12(4,5)13-8-3/h6,13H,1,7-11H2,2-5H3. The summed E-state index contributed by atoms with van der Waals surface area (Å²) >= 11 is 0. The molecule has 0 aliphatic carbocycles. The van der Waals surface area contributed by atoms with Gasteiger partial charge in [0.2, 0.25) is 0 Å². The molecule has 0 radical (unpaired) electrons. The second kappa shape index (κ2) is 7.02. The average molecular weight is 198 g/mol. The molecule has 84 valence electrons. The minimum Gasteiger partial charge on any atom is -0.311 e. The van der Waals surface area contributed by atoms with Gasteiger partial charge >= 0.3 is 0 Å². The van der Waals surface area contributed by atoms with Crippen molar-refractivity contribution in [2.75, 3.05) is 26.2 Å². The van der Waals surface area contributed by atoms with Crippen molar-refractivity contribution in [2.45, 2.75) is 39.7 Å². The van der Waals surface area contributed by atoms with Crippen molar-refractivity contribution in [3.8, 4) is 0 Å². The first-order valence-electron chi connectivity index (χ1n) is 5.64. The van der Waals surface area contributed by atoms with E-state index in [0.717, 1.165) is 26.2 Å². The van der Waals surface area contributed by atoms with Crippen LogP contribution in [0.25, 0.3) is 0 Å². The first kappa shape index (κ1) is 13.7. The van der Waals surface area contributed by atoms with E-state index in [4.69, 9.17) is 0 Å². The maximum Gasteiger partial charge on any atom is 0.0252 e. The van der Waals surface area contributed by atoms with E-state index in [2.05, 4.69) is 44.5 Å². The van der Waals surface area contributed by atoms with Crippen LogP contribution >= 0.6 is 0 Å². The number of nitrogens with zero attached hydrogens (tertiary/aromatic N) is 1. The molecule has 0 aromatic rings. The van der Waals surface area contributed by atoms with Gasteiger partial charge in [-0.3, -0.25) is 4.90 Å². The average Bonchev–Trinajstić information content (AvgIpc) is 2.03. The summed E-state index contributed by atoms with van der Waals surface area (Å²) in [6.45, 7) is 16.9. The zero-order valence-corrected chi connectivity index (χ0v) is 10.3. The fourth-order valence-corrected chi connectivity index (χ4v) is 1.83. The molecule has 2 heteroatoms. The van der Waals surface area contributed by atoms with Gasteiger partial charge < -0.3 is 5.32 Å². The summed E-state index contributed by atoms with van der Waals surface area (Å²) in [7, 11) is 0. The Balaban J connectivity index is 4.04. The maximum absolute atomic E-state index is 3.80. The minimum atomic E-state index is 0.201. The van der Waals surface area contributed by atoms with E-state index in [-0.39, 0.29) is 5.54 Å². The van der Waals surface area contributed by atoms with Crippen LogP contribution in [0, 0.1) is 0 Å². The largest absolute Gasteiger partial charge is 0.311 e. The lowest BCUT2D eigenvalue weighted by molar-refractivity contribution is 0.219. The van der Waals surface area contributed by atoms with Gasteiger partial charge in [0.15, 0.2) is 0 Å². The van der Waals surface area contributed by atoms with Crippen LogP contribution in [0.1, 0.15) is 34.1 Å². The van der Waals surface area contributed by atoms with Crippen LogP contribution in [0.2, 0.25) is 0 Å². The molecule has 2 nitrogen and oxygen atoms in total. The van der Waals surface area contributed by atoms with Crippen LogP contribution in [-0.2, 0) is 0 Å². The van der Waals surface area contributed by atoms with Crippen LogP contribution in [0.4, 0.5) is 0 Å². The van der Waals surface area contributed by atoms with Gasteiger partial charge in [-0.25, -0.2) is 0 Å². The normalized spacial score (nSPS) is 12.1. The zero-order chi connectivity index (χ0) is 11.0. The lowest BCUT2D eigenvalue weighted by Gasteiger charge is -2.32. The summed E-state index contributed by atoms with van der Waals surface area (Å²) in [5.41, 5.74) is 0.201. The van der Waals surface area contributed by atoms with Crippen LogP contribution in [0.3, 0.4) is 0 Å². The van der Waals surface area contributed by atoms with E-state index < -0.39 is 0 Å². The van der Waals surface area contributed by atoms with Crippen molar-refractivity contribution in [1.82, 2.24) is 10.2 Å². The molecular formula is C12H26N2. The summed E-state index contributed by atoms with van der Waals surface area (Å²) in [4.78, 5) is 2.44. The Kier molecular flexibility index (Phi) is 6.85. The number of nitrogens with one attached hydrogen (secondary N) is 1. The number of hydrogen-bond donors (Lipinski definition) is 1. The third kappa shape index (κ3) is 6.17. The Morgan fingerprint density at radius 2 is 2.00 bits per heavy atom. The Morgan fingerprint density at radius 1 is 1.36 bits per heavy atom. The lowest BCUT2D eigenvalue weighted by atomic mass is 10.0. The third-order valence-corrected chi connectivity index (χ3v) is 2.20. The van der Waals surface area contributed by atoms with Gasteiger partial charge in [-0.15, -0.1) is 6.58 Å². The molecule has 0 amide bonds. The smallest absolute Gasteiger partial charge is 0.0252 e. The fraction of sp³-hybridized carbons (Fsp3) is 0.833. The monoisotopic (exact) mass is 198 g/mol. The third-order valence-electron chi connectivity index (χ3n) is 2.20. The summed E-state index contributed by atoms with van der Waals surface area (Å²) < 4.78 is 0. The lowest BCUT2D eigenvalue weighted by Crippen LogP contribution is -2.49. The van der Waals surface area contributed by atoms with Gasteiger partial charge in [-0.1, -0.05) is 19.9 Å². The SMILES string of the molecule is C=CCN(CCC)CC(C)(C)NCC. The van der Waals surface area contributed by atoms with Crippen LogP contribution < -0.4 is 5.32 Å². The molecule has 0 unspecified atom stereocenters. The molecule has 0 bridgehead atoms. The summed E-state index contributed by atoms with van der Waals surface area (Å²) in [5.74, 6) is 0. The predicted octanol–water partition coefficient (Wildman–Crippen LogP) is 2.27. The van der Waals surface area contributed by atoms with E-state index in [1.165, 1.54) is 6.42 Å². The molecule has 0 saturated heterocycles. The van der Waals surface area contributed by atoms with E-state index in [1.807, 2.05) is 6.08 Å². The van der Waals surface area contributed by atoms with Crippen molar-refractivity contribution in [2.24, 2.45) is 0 Å². The first-order chi connectivity index (χ1) is 6.55. The fourth-order valence-electron chi connectivity index (χ4n) is 1.83. The van der Waals surface area contributed by atoms with Gasteiger partial charge in [0.1, 0.15) is 0 Å². The summed E-state index contributed by atoms with van der Waals surface area (Å²) in [5, 5.41) is 3.49. The molecule has 0 saturated carbocycles. The quantitative estimate of drug-likeness (QED) is 0.602. The second-order valence-electron chi connectivity index (χ2n) is 4.44. The highest BCUT2D eigenvalue weighted by molar-refractivity contribution is 4.84. The number of likely N-dealkylation sites (N-methyl/N-ethyl adjacent to an activating group) is 1. The van der Waals surface area contributed by atoms with Crippen molar-refractivity contribution in [1.29, 1.82) is 0 Å². The molecule has 0 fully saturated rings. The van der Waals surface area contributed by atoms with Gasteiger partial charge in [-0.2, -0.15) is 0 Å². The van der Waals surface area contributed by atoms with Crippen LogP contribution in [0.15, 0.2) is 12.7 Å². The van der Waals surface area contributed by atoms with E-state index in [9.17, 15) is 0 Å². The molecule has 0 aliphatic heterocycles. The Labute approximate surface area is 89.4 Å². The second-order valence-corrected chi connectivity index (χ2v) is 4.44. The number of rotatable bonds is 8. The van der Waals surface area contributed by atoms with E-state index in [0.29, 0.717) is 0 Å². The van der Waals surface area contributed by atoms with E-state index in [1.54, 1.807) is 0 Å². The molecule has 0 rings (SSSR count). The Hall–Kier alpha value is -0.340. The topological polar surface area (TPSA) is 15.3 Å². The van der Waals surface area contributed by atoms with Gasteiger partial charge in [0, 0.05) is 18.6 Å². The summed E-state index contributed by atoms with van der Waals surface area (Å²) in [6, 6.07) is 0. The highest BCUT2D eigenvalue weighted by Crippen LogP contribution is 2.06. The molecule has 1 N–H and O–H groups in total. The molecule has 0 heterocycles. The maximum atomic E-state index is 3.80. The molecule has 14 heavy (non-hydrogen) atoms. The van der Waals surface area contributed by atoms with Gasteiger partial charge in [0.05, 0.1) is 0 Å². The molecule has 0 spiro atoms.